The SMILES string of the molecule is CCN(C(=O)O)C1C[C@H](C)[N@+](C)(C(C)=O)c2ccc(-c3cn[nH]c3)cc21. The molecule has 7 nitrogen and oxygen atoms in total. The van der Waals surface area contributed by atoms with Crippen LogP contribution in [-0.4, -0.2) is 51.8 Å². The van der Waals surface area contributed by atoms with Gasteiger partial charge in [0.15, 0.2) is 0 Å². The standard InChI is InChI=1S/C19H24N4O3/c1-5-22(19(25)26)17-8-12(2)23(4,13(3)24)18-7-6-14(9-16(17)18)15-10-20-21-11-15/h6-7,9-12,17H,5,8H2,1-4H3,(H-,20,21,25,26)/p+1/t12-,17?,23+/m0/s1. The van der Waals surface area contributed by atoms with E-state index in [9.17, 15) is 14.7 Å². The summed E-state index contributed by atoms with van der Waals surface area (Å²) in [5, 5.41) is 16.5. The fraction of sp³-hybridized carbons (Fsp3) is 0.421. The number of hydrogen-bond donors (Lipinski definition) is 2. The minimum absolute atomic E-state index is 0.0156. The van der Waals surface area contributed by atoms with Crippen LogP contribution in [0.25, 0.3) is 11.1 Å². The third-order valence-corrected chi connectivity index (χ3v) is 5.78. The highest BCUT2D eigenvalue weighted by atomic mass is 16.4. The Balaban J connectivity index is 2.22. The van der Waals surface area contributed by atoms with Gasteiger partial charge in [-0.1, -0.05) is 0 Å². The summed E-state index contributed by atoms with van der Waals surface area (Å²) in [6, 6.07) is 5.63. The van der Waals surface area contributed by atoms with Crippen molar-refractivity contribution in [1.82, 2.24) is 19.6 Å². The van der Waals surface area contributed by atoms with E-state index in [1.807, 2.05) is 39.1 Å². The zero-order valence-electron chi connectivity index (χ0n) is 15.6. The largest absolute Gasteiger partial charge is 0.465 e. The third-order valence-electron chi connectivity index (χ3n) is 5.78. The van der Waals surface area contributed by atoms with Crippen molar-refractivity contribution in [3.05, 3.63) is 36.2 Å². The van der Waals surface area contributed by atoms with Crippen LogP contribution in [-0.2, 0) is 4.79 Å². The Morgan fingerprint density at radius 1 is 1.38 bits per heavy atom. The Bertz CT molecular complexity index is 833. The van der Waals surface area contributed by atoms with E-state index in [0.29, 0.717) is 13.0 Å². The fourth-order valence-corrected chi connectivity index (χ4v) is 4.00. The number of rotatable bonds is 3. The monoisotopic (exact) mass is 357 g/mol. The summed E-state index contributed by atoms with van der Waals surface area (Å²) in [6.07, 6.45) is 3.19. The number of fused-ring (bicyclic) bond motifs is 1. The van der Waals surface area contributed by atoms with Gasteiger partial charge in [-0.25, -0.2) is 14.1 Å². The molecule has 0 bridgehead atoms. The topological polar surface area (TPSA) is 86.3 Å². The number of amides is 2. The zero-order chi connectivity index (χ0) is 19.1. The highest BCUT2D eigenvalue weighted by Crippen LogP contribution is 2.45. The van der Waals surface area contributed by atoms with E-state index < -0.39 is 6.09 Å². The van der Waals surface area contributed by atoms with Crippen LogP contribution in [0, 0.1) is 0 Å². The van der Waals surface area contributed by atoms with Crippen molar-refractivity contribution < 1.29 is 14.7 Å². The lowest BCUT2D eigenvalue weighted by Gasteiger charge is -2.45. The van der Waals surface area contributed by atoms with Crippen molar-refractivity contribution in [3.63, 3.8) is 0 Å². The van der Waals surface area contributed by atoms with E-state index in [1.54, 1.807) is 19.3 Å². The normalized spacial score (nSPS) is 24.8. The molecular weight excluding hydrogens is 332 g/mol. The highest BCUT2D eigenvalue weighted by Gasteiger charge is 2.47. The first-order chi connectivity index (χ1) is 12.3. The molecule has 2 heterocycles. The number of H-pyrrole nitrogens is 1. The molecule has 2 aromatic rings. The summed E-state index contributed by atoms with van der Waals surface area (Å²) in [5.41, 5.74) is 3.64. The van der Waals surface area contributed by atoms with Crippen LogP contribution in [0.5, 0.6) is 0 Å². The molecule has 2 N–H and O–H groups in total. The molecule has 3 rings (SSSR count). The van der Waals surface area contributed by atoms with Crippen molar-refractivity contribution in [3.8, 4) is 11.1 Å². The first kappa shape index (κ1) is 18.1. The predicted octanol–water partition coefficient (Wildman–Crippen LogP) is 3.39. The minimum atomic E-state index is -0.941. The van der Waals surface area contributed by atoms with E-state index in [-0.39, 0.29) is 22.5 Å². The van der Waals surface area contributed by atoms with Crippen LogP contribution in [0.15, 0.2) is 30.6 Å². The molecule has 26 heavy (non-hydrogen) atoms. The van der Waals surface area contributed by atoms with Gasteiger partial charge in [-0.3, -0.25) is 5.10 Å². The van der Waals surface area contributed by atoms with Gasteiger partial charge in [-0.2, -0.15) is 5.10 Å². The molecule has 0 saturated carbocycles. The van der Waals surface area contributed by atoms with Crippen LogP contribution in [0.4, 0.5) is 10.5 Å². The van der Waals surface area contributed by atoms with E-state index >= 15 is 0 Å². The lowest BCUT2D eigenvalue weighted by Crippen LogP contribution is -2.60. The average Bonchev–Trinajstić information content (AvgIpc) is 3.13. The van der Waals surface area contributed by atoms with Crippen molar-refractivity contribution in [2.24, 2.45) is 0 Å². The summed E-state index contributed by atoms with van der Waals surface area (Å²) in [4.78, 5) is 25.8. The van der Waals surface area contributed by atoms with Gasteiger partial charge in [-0.05, 0) is 31.5 Å². The predicted molar refractivity (Wildman–Crippen MR) is 99.6 cm³/mol. The Kier molecular flexibility index (Phi) is 4.58. The average molecular weight is 357 g/mol. The molecular formula is C19H25N4O3+. The fourth-order valence-electron chi connectivity index (χ4n) is 4.00. The van der Waals surface area contributed by atoms with E-state index in [2.05, 4.69) is 10.2 Å². The van der Waals surface area contributed by atoms with E-state index in [1.165, 1.54) is 4.90 Å². The molecule has 1 aromatic carbocycles. The molecule has 0 saturated heterocycles. The molecule has 1 aromatic heterocycles. The molecule has 1 aliphatic rings. The highest BCUT2D eigenvalue weighted by molar-refractivity contribution is 5.89. The molecule has 0 aliphatic carbocycles. The second kappa shape index (κ2) is 6.57. The minimum Gasteiger partial charge on any atom is -0.465 e. The summed E-state index contributed by atoms with van der Waals surface area (Å²) in [6.45, 7) is 5.84. The number of carboxylic acid groups (broad SMARTS) is 1. The number of quaternary nitrogens is 1. The molecule has 0 radical (unpaired) electrons. The summed E-state index contributed by atoms with van der Waals surface area (Å²) in [5.74, 6) is 0.0478. The maximum Gasteiger partial charge on any atom is 0.407 e. The Hall–Kier alpha value is -2.67. The van der Waals surface area contributed by atoms with E-state index in [0.717, 1.165) is 22.4 Å². The lowest BCUT2D eigenvalue weighted by molar-refractivity contribution is -0.129. The summed E-state index contributed by atoms with van der Waals surface area (Å²) in [7, 11) is 1.91. The Morgan fingerprint density at radius 3 is 2.65 bits per heavy atom. The number of benzene rings is 1. The second-order valence-corrected chi connectivity index (χ2v) is 7.02. The Morgan fingerprint density at radius 2 is 2.12 bits per heavy atom. The van der Waals surface area contributed by atoms with Gasteiger partial charge in [0.1, 0.15) is 5.69 Å². The summed E-state index contributed by atoms with van der Waals surface area (Å²) < 4.78 is 0.175. The Labute approximate surface area is 152 Å². The lowest BCUT2D eigenvalue weighted by atomic mass is 9.86. The maximum atomic E-state index is 12.5. The molecule has 138 valence electrons. The molecule has 0 fully saturated rings. The van der Waals surface area contributed by atoms with Gasteiger partial charge in [0, 0.05) is 36.4 Å². The van der Waals surface area contributed by atoms with Crippen LogP contribution in [0.1, 0.15) is 38.8 Å². The molecule has 2 amide bonds. The molecule has 3 atom stereocenters. The maximum absolute atomic E-state index is 12.5. The summed E-state index contributed by atoms with van der Waals surface area (Å²) >= 11 is 0. The van der Waals surface area contributed by atoms with Crippen molar-refractivity contribution in [2.45, 2.75) is 39.3 Å². The number of nitrogens with one attached hydrogen (secondary N) is 1. The van der Waals surface area contributed by atoms with Gasteiger partial charge in [0.2, 0.25) is 0 Å². The van der Waals surface area contributed by atoms with Crippen molar-refractivity contribution >= 4 is 17.7 Å². The number of nitrogens with zero attached hydrogens (tertiary/aromatic N) is 3. The van der Waals surface area contributed by atoms with Crippen LogP contribution < -0.4 is 4.48 Å². The van der Waals surface area contributed by atoms with Gasteiger partial charge < -0.3 is 10.0 Å². The molecule has 7 heteroatoms. The van der Waals surface area contributed by atoms with Gasteiger partial charge in [0.25, 0.3) is 0 Å². The van der Waals surface area contributed by atoms with Gasteiger partial charge in [-0.15, -0.1) is 0 Å². The van der Waals surface area contributed by atoms with Gasteiger partial charge >= 0.3 is 12.0 Å². The first-order valence-corrected chi connectivity index (χ1v) is 8.81. The number of aromatic amines is 1. The quantitative estimate of drug-likeness (QED) is 0.825. The number of carbonyl (C=O) groups is 2. The molecule has 0 spiro atoms. The second-order valence-electron chi connectivity index (χ2n) is 7.02. The van der Waals surface area contributed by atoms with Crippen LogP contribution in [0.3, 0.4) is 0 Å². The van der Waals surface area contributed by atoms with Crippen molar-refractivity contribution in [2.75, 3.05) is 13.6 Å². The van der Waals surface area contributed by atoms with Crippen LogP contribution >= 0.6 is 0 Å². The molecule has 1 aliphatic heterocycles. The van der Waals surface area contributed by atoms with Crippen molar-refractivity contribution in [1.29, 1.82) is 0 Å². The van der Waals surface area contributed by atoms with E-state index in [4.69, 9.17) is 0 Å². The van der Waals surface area contributed by atoms with Gasteiger partial charge in [0.05, 0.1) is 32.3 Å². The number of hydrogen-bond acceptors (Lipinski definition) is 3. The number of aromatic nitrogens is 2. The number of carbonyl (C=O) groups excluding carboxylic acids is 1. The third kappa shape index (κ3) is 2.68. The smallest absolute Gasteiger partial charge is 0.407 e. The zero-order valence-corrected chi connectivity index (χ0v) is 15.6. The van der Waals surface area contributed by atoms with Crippen LogP contribution in [0.2, 0.25) is 0 Å². The first-order valence-electron chi connectivity index (χ1n) is 8.81. The molecule has 1 unspecified atom stereocenters.